The van der Waals surface area contributed by atoms with Crippen LogP contribution in [0.4, 0.5) is 0 Å². The number of ether oxygens (including phenoxy) is 1. The number of likely N-dealkylation sites (tertiary alicyclic amines) is 1. The van der Waals surface area contributed by atoms with Gasteiger partial charge in [-0.15, -0.1) is 0 Å². The number of carbonyl (C=O) groups is 1. The summed E-state index contributed by atoms with van der Waals surface area (Å²) in [5.41, 5.74) is 0.710. The Balaban J connectivity index is 1.38. The summed E-state index contributed by atoms with van der Waals surface area (Å²) in [7, 11) is 0. The maximum Gasteiger partial charge on any atom is 0.251 e. The molecule has 0 aliphatic carbocycles. The van der Waals surface area contributed by atoms with Crippen LogP contribution in [0.15, 0.2) is 48.5 Å². The fourth-order valence-corrected chi connectivity index (χ4v) is 3.37. The summed E-state index contributed by atoms with van der Waals surface area (Å²) >= 11 is 12.1. The zero-order chi connectivity index (χ0) is 18.4. The van der Waals surface area contributed by atoms with E-state index in [4.69, 9.17) is 27.9 Å². The lowest BCUT2D eigenvalue weighted by Crippen LogP contribution is -2.45. The minimum absolute atomic E-state index is 0.00276. The van der Waals surface area contributed by atoms with Crippen LogP contribution in [0.5, 0.6) is 5.75 Å². The highest BCUT2D eigenvalue weighted by atomic mass is 35.5. The van der Waals surface area contributed by atoms with Crippen LogP contribution in [0.25, 0.3) is 0 Å². The zero-order valence-electron chi connectivity index (χ0n) is 14.5. The summed E-state index contributed by atoms with van der Waals surface area (Å²) in [5, 5.41) is 4.30. The quantitative estimate of drug-likeness (QED) is 0.797. The Hall–Kier alpha value is -1.75. The molecule has 1 aliphatic heterocycles. The lowest BCUT2D eigenvalue weighted by Gasteiger charge is -2.32. The minimum Gasteiger partial charge on any atom is -0.491 e. The number of hydrogen-bond donors (Lipinski definition) is 1. The molecule has 0 atom stereocenters. The average molecular weight is 393 g/mol. The Morgan fingerprint density at radius 1 is 1.12 bits per heavy atom. The van der Waals surface area contributed by atoms with Crippen LogP contribution in [-0.4, -0.2) is 43.1 Å². The highest BCUT2D eigenvalue weighted by Gasteiger charge is 2.21. The summed E-state index contributed by atoms with van der Waals surface area (Å²) in [6, 6.07) is 14.8. The van der Waals surface area contributed by atoms with E-state index in [9.17, 15) is 4.79 Å². The molecule has 1 aliphatic rings. The second-order valence-corrected chi connectivity index (χ2v) is 7.22. The summed E-state index contributed by atoms with van der Waals surface area (Å²) in [6.07, 6.45) is 1.88. The Morgan fingerprint density at radius 2 is 1.85 bits per heavy atom. The fourth-order valence-electron chi connectivity index (χ4n) is 3.03. The van der Waals surface area contributed by atoms with E-state index < -0.39 is 0 Å². The Kier molecular flexibility index (Phi) is 6.78. The fraction of sp³-hybridized carbons (Fsp3) is 0.350. The van der Waals surface area contributed by atoms with Gasteiger partial charge in [-0.1, -0.05) is 41.4 Å². The van der Waals surface area contributed by atoms with Crippen molar-refractivity contribution in [1.29, 1.82) is 0 Å². The van der Waals surface area contributed by atoms with Crippen LogP contribution in [0.2, 0.25) is 10.0 Å². The molecule has 0 bridgehead atoms. The minimum atomic E-state index is 0.00276. The highest BCUT2D eigenvalue weighted by Crippen LogP contribution is 2.27. The lowest BCUT2D eigenvalue weighted by atomic mass is 10.0. The first-order chi connectivity index (χ1) is 12.6. The average Bonchev–Trinajstić information content (AvgIpc) is 2.66. The molecular formula is C20H22Cl2N2O2. The number of halogens is 2. The first kappa shape index (κ1) is 19.0. The molecule has 0 aromatic heterocycles. The third kappa shape index (κ3) is 5.37. The second-order valence-electron chi connectivity index (χ2n) is 6.38. The third-order valence-corrected chi connectivity index (χ3v) is 5.06. The predicted molar refractivity (Wildman–Crippen MR) is 105 cm³/mol. The van der Waals surface area contributed by atoms with Gasteiger partial charge in [0, 0.05) is 42.3 Å². The van der Waals surface area contributed by atoms with Crippen LogP contribution in [0.3, 0.4) is 0 Å². The van der Waals surface area contributed by atoms with Gasteiger partial charge in [0.15, 0.2) is 0 Å². The standard InChI is InChI=1S/C20H22Cl2N2O2/c21-16-6-7-18(22)19(14-16)26-13-12-24-10-8-17(9-11-24)23-20(25)15-4-2-1-3-5-15/h1-7,14,17H,8-13H2,(H,23,25). The molecule has 1 amide bonds. The van der Waals surface area contributed by atoms with Crippen molar-refractivity contribution in [3.63, 3.8) is 0 Å². The number of piperidine rings is 1. The first-order valence-electron chi connectivity index (χ1n) is 8.78. The zero-order valence-corrected chi connectivity index (χ0v) is 16.0. The summed E-state index contributed by atoms with van der Waals surface area (Å²) in [4.78, 5) is 14.6. The van der Waals surface area contributed by atoms with Gasteiger partial charge in [-0.2, -0.15) is 0 Å². The summed E-state index contributed by atoms with van der Waals surface area (Å²) < 4.78 is 5.74. The van der Waals surface area contributed by atoms with Crippen molar-refractivity contribution >= 4 is 29.1 Å². The van der Waals surface area contributed by atoms with Crippen molar-refractivity contribution < 1.29 is 9.53 Å². The van der Waals surface area contributed by atoms with Crippen molar-refractivity contribution in [2.75, 3.05) is 26.2 Å². The van der Waals surface area contributed by atoms with Crippen LogP contribution in [-0.2, 0) is 0 Å². The monoisotopic (exact) mass is 392 g/mol. The first-order valence-corrected chi connectivity index (χ1v) is 9.53. The SMILES string of the molecule is O=C(NC1CCN(CCOc2cc(Cl)ccc2Cl)CC1)c1ccccc1. The Bertz CT molecular complexity index is 732. The van der Waals surface area contributed by atoms with Gasteiger partial charge in [-0.25, -0.2) is 0 Å². The van der Waals surface area contributed by atoms with Crippen molar-refractivity contribution in [2.24, 2.45) is 0 Å². The van der Waals surface area contributed by atoms with Gasteiger partial charge in [0.05, 0.1) is 5.02 Å². The number of rotatable bonds is 6. The molecule has 1 fully saturated rings. The molecule has 6 heteroatoms. The van der Waals surface area contributed by atoms with Crippen molar-refractivity contribution in [3.8, 4) is 5.75 Å². The van der Waals surface area contributed by atoms with Crippen molar-refractivity contribution in [1.82, 2.24) is 10.2 Å². The maximum atomic E-state index is 12.2. The van der Waals surface area contributed by atoms with Gasteiger partial charge in [-0.3, -0.25) is 9.69 Å². The molecular weight excluding hydrogens is 371 g/mol. The molecule has 1 N–H and O–H groups in total. The normalized spacial score (nSPS) is 15.6. The molecule has 1 heterocycles. The molecule has 1 saturated heterocycles. The number of hydrogen-bond acceptors (Lipinski definition) is 3. The van der Waals surface area contributed by atoms with E-state index in [-0.39, 0.29) is 11.9 Å². The Morgan fingerprint density at radius 3 is 2.58 bits per heavy atom. The number of nitrogens with one attached hydrogen (secondary N) is 1. The molecule has 4 nitrogen and oxygen atoms in total. The molecule has 138 valence electrons. The predicted octanol–water partition coefficient (Wildman–Crippen LogP) is 4.27. The van der Waals surface area contributed by atoms with E-state index in [1.165, 1.54) is 0 Å². The van der Waals surface area contributed by atoms with E-state index in [0.717, 1.165) is 32.5 Å². The number of carbonyl (C=O) groups excluding carboxylic acids is 1. The van der Waals surface area contributed by atoms with Gasteiger partial charge >= 0.3 is 0 Å². The highest BCUT2D eigenvalue weighted by molar-refractivity contribution is 6.34. The molecule has 0 unspecified atom stereocenters. The van der Waals surface area contributed by atoms with E-state index >= 15 is 0 Å². The molecule has 2 aromatic carbocycles. The molecule has 3 rings (SSSR count). The van der Waals surface area contributed by atoms with Crippen molar-refractivity contribution in [3.05, 3.63) is 64.1 Å². The number of amides is 1. The topological polar surface area (TPSA) is 41.6 Å². The molecule has 0 saturated carbocycles. The van der Waals surface area contributed by atoms with Gasteiger partial charge < -0.3 is 10.1 Å². The summed E-state index contributed by atoms with van der Waals surface area (Å²) in [5.74, 6) is 0.618. The van der Waals surface area contributed by atoms with E-state index in [1.54, 1.807) is 18.2 Å². The number of nitrogens with zero attached hydrogens (tertiary/aromatic N) is 1. The van der Waals surface area contributed by atoms with Crippen LogP contribution < -0.4 is 10.1 Å². The Labute approximate surface area is 164 Å². The van der Waals surface area contributed by atoms with Gasteiger partial charge in [0.2, 0.25) is 0 Å². The van der Waals surface area contributed by atoms with Gasteiger partial charge in [0.25, 0.3) is 5.91 Å². The van der Waals surface area contributed by atoms with Crippen LogP contribution >= 0.6 is 23.2 Å². The van der Waals surface area contributed by atoms with E-state index in [0.29, 0.717) is 28.0 Å². The third-order valence-electron chi connectivity index (χ3n) is 4.52. The largest absolute Gasteiger partial charge is 0.491 e. The van der Waals surface area contributed by atoms with Crippen LogP contribution in [0, 0.1) is 0 Å². The maximum absolute atomic E-state index is 12.2. The van der Waals surface area contributed by atoms with Gasteiger partial charge in [0.1, 0.15) is 12.4 Å². The van der Waals surface area contributed by atoms with E-state index in [2.05, 4.69) is 10.2 Å². The molecule has 0 spiro atoms. The second kappa shape index (κ2) is 9.26. The van der Waals surface area contributed by atoms with Crippen molar-refractivity contribution in [2.45, 2.75) is 18.9 Å². The molecule has 26 heavy (non-hydrogen) atoms. The molecule has 0 radical (unpaired) electrons. The summed E-state index contributed by atoms with van der Waals surface area (Å²) in [6.45, 7) is 3.25. The number of benzene rings is 2. The smallest absolute Gasteiger partial charge is 0.251 e. The molecule has 2 aromatic rings. The van der Waals surface area contributed by atoms with E-state index in [1.807, 2.05) is 30.3 Å². The van der Waals surface area contributed by atoms with Crippen LogP contribution in [0.1, 0.15) is 23.2 Å². The van der Waals surface area contributed by atoms with Gasteiger partial charge in [-0.05, 0) is 37.1 Å². The lowest BCUT2D eigenvalue weighted by molar-refractivity contribution is 0.0905.